The molecular formula is C15H24N2O3. The Morgan fingerprint density at radius 2 is 2.15 bits per heavy atom. The number of ether oxygens (including phenoxy) is 2. The normalized spacial score (nSPS) is 10.3. The maximum Gasteiger partial charge on any atom is 0.251 e. The van der Waals surface area contributed by atoms with Crippen LogP contribution >= 0.6 is 0 Å². The number of carbonyl (C=O) groups is 1. The molecule has 0 spiro atoms. The second kappa shape index (κ2) is 10.2. The minimum absolute atomic E-state index is 0.0919. The van der Waals surface area contributed by atoms with Crippen LogP contribution in [-0.2, 0) is 4.74 Å². The molecule has 0 bridgehead atoms. The summed E-state index contributed by atoms with van der Waals surface area (Å²) in [5.74, 6) is 0.636. The molecule has 1 aromatic rings. The molecule has 1 aromatic carbocycles. The third-order valence-electron chi connectivity index (χ3n) is 2.58. The van der Waals surface area contributed by atoms with Crippen LogP contribution in [0.5, 0.6) is 5.75 Å². The van der Waals surface area contributed by atoms with E-state index in [1.165, 1.54) is 0 Å². The van der Waals surface area contributed by atoms with Gasteiger partial charge in [-0.05, 0) is 31.0 Å². The van der Waals surface area contributed by atoms with Gasteiger partial charge in [0, 0.05) is 25.3 Å². The molecule has 0 aromatic heterocycles. The lowest BCUT2D eigenvalue weighted by atomic mass is 10.2. The Morgan fingerprint density at radius 1 is 1.30 bits per heavy atom. The smallest absolute Gasteiger partial charge is 0.251 e. The molecule has 20 heavy (non-hydrogen) atoms. The number of benzene rings is 1. The van der Waals surface area contributed by atoms with Crippen molar-refractivity contribution in [2.45, 2.75) is 19.8 Å². The van der Waals surface area contributed by atoms with E-state index in [0.717, 1.165) is 18.6 Å². The third kappa shape index (κ3) is 6.54. The molecule has 0 aliphatic carbocycles. The molecule has 0 atom stereocenters. The van der Waals surface area contributed by atoms with Gasteiger partial charge in [-0.2, -0.15) is 0 Å². The van der Waals surface area contributed by atoms with Crippen molar-refractivity contribution in [3.05, 3.63) is 29.8 Å². The van der Waals surface area contributed by atoms with Gasteiger partial charge in [0.05, 0.1) is 13.2 Å². The minimum atomic E-state index is -0.0919. The van der Waals surface area contributed by atoms with E-state index in [1.807, 2.05) is 19.1 Å². The number of hydrogen-bond donors (Lipinski definition) is 2. The van der Waals surface area contributed by atoms with E-state index in [2.05, 4.69) is 5.32 Å². The predicted octanol–water partition coefficient (Wildman–Crippen LogP) is 1.57. The lowest BCUT2D eigenvalue weighted by Crippen LogP contribution is -2.25. The van der Waals surface area contributed by atoms with Crippen molar-refractivity contribution in [3.8, 4) is 5.75 Å². The minimum Gasteiger partial charge on any atom is -0.494 e. The Balaban J connectivity index is 2.31. The van der Waals surface area contributed by atoms with Crippen LogP contribution in [0.1, 0.15) is 30.1 Å². The van der Waals surface area contributed by atoms with E-state index in [-0.39, 0.29) is 5.91 Å². The maximum atomic E-state index is 11.9. The SMILES string of the molecule is CCCOc1cccc(C(=O)NCCCOCCN)c1. The summed E-state index contributed by atoms with van der Waals surface area (Å²) in [5, 5.41) is 2.85. The molecule has 0 fully saturated rings. The first-order valence-electron chi connectivity index (χ1n) is 7.06. The van der Waals surface area contributed by atoms with Crippen LogP contribution in [0.4, 0.5) is 0 Å². The molecule has 0 heterocycles. The largest absolute Gasteiger partial charge is 0.494 e. The summed E-state index contributed by atoms with van der Waals surface area (Å²) >= 11 is 0. The number of rotatable bonds is 10. The van der Waals surface area contributed by atoms with Crippen molar-refractivity contribution < 1.29 is 14.3 Å². The van der Waals surface area contributed by atoms with E-state index in [1.54, 1.807) is 12.1 Å². The maximum absolute atomic E-state index is 11.9. The summed E-state index contributed by atoms with van der Waals surface area (Å²) in [4.78, 5) is 11.9. The highest BCUT2D eigenvalue weighted by Gasteiger charge is 2.05. The molecule has 0 aliphatic rings. The number of hydrogen-bond acceptors (Lipinski definition) is 4. The van der Waals surface area contributed by atoms with Gasteiger partial charge in [0.2, 0.25) is 0 Å². The van der Waals surface area contributed by atoms with E-state index in [9.17, 15) is 4.79 Å². The Kier molecular flexibility index (Phi) is 8.42. The van der Waals surface area contributed by atoms with E-state index in [0.29, 0.717) is 38.5 Å². The Morgan fingerprint density at radius 3 is 2.90 bits per heavy atom. The van der Waals surface area contributed by atoms with Crippen LogP contribution < -0.4 is 15.8 Å². The van der Waals surface area contributed by atoms with Gasteiger partial charge in [-0.25, -0.2) is 0 Å². The van der Waals surface area contributed by atoms with Crippen LogP contribution in [-0.4, -0.2) is 38.8 Å². The molecule has 1 amide bonds. The first kappa shape index (κ1) is 16.5. The molecule has 0 saturated carbocycles. The molecule has 5 heteroatoms. The number of carbonyl (C=O) groups excluding carboxylic acids is 1. The fraction of sp³-hybridized carbons (Fsp3) is 0.533. The molecule has 5 nitrogen and oxygen atoms in total. The highest BCUT2D eigenvalue weighted by Crippen LogP contribution is 2.13. The average molecular weight is 280 g/mol. The molecule has 112 valence electrons. The van der Waals surface area contributed by atoms with Crippen molar-refractivity contribution in [1.82, 2.24) is 5.32 Å². The summed E-state index contributed by atoms with van der Waals surface area (Å²) in [6.07, 6.45) is 1.72. The van der Waals surface area contributed by atoms with Crippen molar-refractivity contribution in [2.24, 2.45) is 5.73 Å². The van der Waals surface area contributed by atoms with Gasteiger partial charge in [0.15, 0.2) is 0 Å². The van der Waals surface area contributed by atoms with Crippen LogP contribution in [0.3, 0.4) is 0 Å². The van der Waals surface area contributed by atoms with Gasteiger partial charge in [-0.1, -0.05) is 13.0 Å². The molecule has 1 rings (SSSR count). The topological polar surface area (TPSA) is 73.6 Å². The molecule has 3 N–H and O–H groups in total. The number of nitrogens with two attached hydrogens (primary N) is 1. The van der Waals surface area contributed by atoms with Gasteiger partial charge in [0.1, 0.15) is 5.75 Å². The third-order valence-corrected chi connectivity index (χ3v) is 2.58. The van der Waals surface area contributed by atoms with Crippen molar-refractivity contribution in [3.63, 3.8) is 0 Å². The fourth-order valence-corrected chi connectivity index (χ4v) is 1.61. The van der Waals surface area contributed by atoms with Gasteiger partial charge in [0.25, 0.3) is 5.91 Å². The zero-order valence-corrected chi connectivity index (χ0v) is 12.1. The second-order valence-electron chi connectivity index (χ2n) is 4.39. The second-order valence-corrected chi connectivity index (χ2v) is 4.39. The first-order chi connectivity index (χ1) is 9.77. The van der Waals surface area contributed by atoms with Crippen molar-refractivity contribution in [2.75, 3.05) is 32.9 Å². The summed E-state index contributed by atoms with van der Waals surface area (Å²) in [6, 6.07) is 7.21. The fourth-order valence-electron chi connectivity index (χ4n) is 1.61. The van der Waals surface area contributed by atoms with Crippen molar-refractivity contribution in [1.29, 1.82) is 0 Å². The van der Waals surface area contributed by atoms with Crippen molar-refractivity contribution >= 4 is 5.91 Å². The van der Waals surface area contributed by atoms with Crippen LogP contribution in [0.2, 0.25) is 0 Å². The molecule has 0 radical (unpaired) electrons. The van der Waals surface area contributed by atoms with E-state index < -0.39 is 0 Å². The Hall–Kier alpha value is -1.59. The lowest BCUT2D eigenvalue weighted by Gasteiger charge is -2.08. The highest BCUT2D eigenvalue weighted by atomic mass is 16.5. The molecule has 0 saturated heterocycles. The molecule has 0 unspecified atom stereocenters. The summed E-state index contributed by atoms with van der Waals surface area (Å²) in [5.41, 5.74) is 5.92. The summed E-state index contributed by atoms with van der Waals surface area (Å²) < 4.78 is 10.7. The Labute approximate surface area is 120 Å². The summed E-state index contributed by atoms with van der Waals surface area (Å²) in [7, 11) is 0. The highest BCUT2D eigenvalue weighted by molar-refractivity contribution is 5.94. The first-order valence-corrected chi connectivity index (χ1v) is 7.06. The molecular weight excluding hydrogens is 256 g/mol. The Bertz CT molecular complexity index is 396. The van der Waals surface area contributed by atoms with Gasteiger partial charge in [-0.15, -0.1) is 0 Å². The van der Waals surface area contributed by atoms with Gasteiger partial charge in [-0.3, -0.25) is 4.79 Å². The van der Waals surface area contributed by atoms with Crippen LogP contribution in [0.15, 0.2) is 24.3 Å². The number of nitrogens with one attached hydrogen (secondary N) is 1. The van der Waals surface area contributed by atoms with E-state index >= 15 is 0 Å². The zero-order valence-electron chi connectivity index (χ0n) is 12.1. The van der Waals surface area contributed by atoms with Gasteiger partial charge < -0.3 is 20.5 Å². The monoisotopic (exact) mass is 280 g/mol. The predicted molar refractivity (Wildman–Crippen MR) is 79.1 cm³/mol. The quantitative estimate of drug-likeness (QED) is 0.638. The lowest BCUT2D eigenvalue weighted by molar-refractivity contribution is 0.0942. The molecule has 0 aliphatic heterocycles. The van der Waals surface area contributed by atoms with Crippen LogP contribution in [0, 0.1) is 0 Å². The number of amides is 1. The zero-order chi connectivity index (χ0) is 14.6. The summed E-state index contributed by atoms with van der Waals surface area (Å²) in [6.45, 7) is 4.98. The average Bonchev–Trinajstić information content (AvgIpc) is 2.48. The van der Waals surface area contributed by atoms with Crippen LogP contribution in [0.25, 0.3) is 0 Å². The van der Waals surface area contributed by atoms with Gasteiger partial charge >= 0.3 is 0 Å². The van der Waals surface area contributed by atoms with E-state index in [4.69, 9.17) is 15.2 Å². The standard InChI is InChI=1S/C15H24N2O3/c1-2-9-20-14-6-3-5-13(12-14)15(18)17-8-4-10-19-11-7-16/h3,5-6,12H,2,4,7-11,16H2,1H3,(H,17,18).